The van der Waals surface area contributed by atoms with Crippen molar-refractivity contribution in [2.75, 3.05) is 18.2 Å². The van der Waals surface area contributed by atoms with Crippen LogP contribution in [0.15, 0.2) is 40.3 Å². The van der Waals surface area contributed by atoms with Gasteiger partial charge in [-0.1, -0.05) is 23.9 Å². The number of aromatic nitrogens is 2. The summed E-state index contributed by atoms with van der Waals surface area (Å²) in [5.74, 6) is 1.13. The Balaban J connectivity index is 1.75. The van der Waals surface area contributed by atoms with Crippen molar-refractivity contribution in [3.05, 3.63) is 46.4 Å². The van der Waals surface area contributed by atoms with Gasteiger partial charge in [0.2, 0.25) is 5.91 Å². The van der Waals surface area contributed by atoms with Crippen LogP contribution in [0, 0.1) is 6.92 Å². The van der Waals surface area contributed by atoms with Crippen LogP contribution in [0.1, 0.15) is 18.2 Å². The lowest BCUT2D eigenvalue weighted by molar-refractivity contribution is -0.116. The van der Waals surface area contributed by atoms with E-state index in [2.05, 4.69) is 10.3 Å². The van der Waals surface area contributed by atoms with Crippen LogP contribution < -0.4 is 15.6 Å². The molecule has 0 saturated carbocycles. The summed E-state index contributed by atoms with van der Waals surface area (Å²) in [4.78, 5) is 28.8. The summed E-state index contributed by atoms with van der Waals surface area (Å²) in [7, 11) is 1.56. The minimum Gasteiger partial charge on any atom is -0.495 e. The van der Waals surface area contributed by atoms with E-state index in [0.717, 1.165) is 0 Å². The summed E-state index contributed by atoms with van der Waals surface area (Å²) in [5, 5.41) is 3.53. The lowest BCUT2D eigenvalue weighted by atomic mass is 10.2. The second kappa shape index (κ2) is 6.45. The zero-order chi connectivity index (χ0) is 16.4. The molecule has 1 aromatic heterocycles. The Hall–Kier alpha value is -2.28. The number of amides is 1. The van der Waals surface area contributed by atoms with Gasteiger partial charge in [-0.25, -0.2) is 4.98 Å². The number of carbonyl (C=O) groups is 1. The fourth-order valence-electron chi connectivity index (χ4n) is 2.58. The lowest BCUT2D eigenvalue weighted by Gasteiger charge is -2.14. The van der Waals surface area contributed by atoms with Crippen LogP contribution in [0.2, 0.25) is 0 Å². The first-order chi connectivity index (χ1) is 11.1. The highest BCUT2D eigenvalue weighted by atomic mass is 32.2. The number of anilines is 1. The molecular weight excluding hydrogens is 314 g/mol. The zero-order valence-corrected chi connectivity index (χ0v) is 13.7. The van der Waals surface area contributed by atoms with E-state index in [1.165, 1.54) is 17.8 Å². The number of fused-ring (bicyclic) bond motifs is 1. The van der Waals surface area contributed by atoms with Gasteiger partial charge in [0, 0.05) is 23.9 Å². The molecular formula is C16H17N3O3S. The number of methoxy groups -OCH3 is 1. The maximum absolute atomic E-state index is 12.3. The van der Waals surface area contributed by atoms with Gasteiger partial charge in [-0.3, -0.25) is 14.2 Å². The van der Waals surface area contributed by atoms with Crippen molar-refractivity contribution in [3.8, 4) is 5.75 Å². The van der Waals surface area contributed by atoms with E-state index in [1.807, 2.05) is 12.1 Å². The first-order valence-corrected chi connectivity index (χ1v) is 8.23. The Kier molecular flexibility index (Phi) is 4.38. The van der Waals surface area contributed by atoms with Gasteiger partial charge in [0.15, 0.2) is 5.16 Å². The van der Waals surface area contributed by atoms with Gasteiger partial charge in [-0.15, -0.1) is 0 Å². The molecule has 0 saturated heterocycles. The van der Waals surface area contributed by atoms with Crippen molar-refractivity contribution in [1.29, 1.82) is 0 Å². The number of nitrogens with one attached hydrogen (secondary N) is 1. The molecule has 1 aromatic carbocycles. The van der Waals surface area contributed by atoms with E-state index in [9.17, 15) is 9.59 Å². The molecule has 2 aromatic rings. The molecule has 0 aliphatic carbocycles. The van der Waals surface area contributed by atoms with Crippen LogP contribution in [0.3, 0.4) is 0 Å². The van der Waals surface area contributed by atoms with Gasteiger partial charge in [0.25, 0.3) is 5.56 Å². The average Bonchev–Trinajstić information content (AvgIpc) is 2.90. The highest BCUT2D eigenvalue weighted by molar-refractivity contribution is 7.99. The maximum atomic E-state index is 12.3. The monoisotopic (exact) mass is 331 g/mol. The molecule has 6 nitrogen and oxygen atoms in total. The third kappa shape index (κ3) is 3.24. The fraction of sp³-hybridized carbons (Fsp3) is 0.312. The average molecular weight is 331 g/mol. The number of hydrogen-bond donors (Lipinski definition) is 1. The molecule has 1 amide bonds. The van der Waals surface area contributed by atoms with Crippen LogP contribution in [-0.2, 0) is 4.79 Å². The summed E-state index contributed by atoms with van der Waals surface area (Å²) >= 11 is 1.51. The van der Waals surface area contributed by atoms with Gasteiger partial charge in [0.05, 0.1) is 18.8 Å². The standard InChI is InChI=1S/C16H17N3O3S/c1-10-7-15(21)19-11(9-23-16(19)17-10)8-14(20)18-12-5-3-4-6-13(12)22-2/h3-7,11H,8-9H2,1-2H3,(H,18,20). The Morgan fingerprint density at radius 1 is 1.48 bits per heavy atom. The molecule has 0 bridgehead atoms. The van der Waals surface area contributed by atoms with Crippen LogP contribution in [-0.4, -0.2) is 28.3 Å². The quantitative estimate of drug-likeness (QED) is 0.870. The minimum absolute atomic E-state index is 0.104. The van der Waals surface area contributed by atoms with E-state index >= 15 is 0 Å². The van der Waals surface area contributed by atoms with E-state index in [0.29, 0.717) is 28.0 Å². The van der Waals surface area contributed by atoms with E-state index in [4.69, 9.17) is 4.74 Å². The third-order valence-corrected chi connectivity index (χ3v) is 4.72. The molecule has 1 unspecified atom stereocenters. The lowest BCUT2D eigenvalue weighted by Crippen LogP contribution is -2.27. The molecule has 7 heteroatoms. The SMILES string of the molecule is COc1ccccc1NC(=O)CC1CSc2nc(C)cc(=O)n21. The normalized spacial score (nSPS) is 16.0. The molecule has 0 spiro atoms. The third-order valence-electron chi connectivity index (χ3n) is 3.62. The summed E-state index contributed by atoms with van der Waals surface area (Å²) in [6, 6.07) is 8.56. The number of aryl methyl sites for hydroxylation is 1. The Bertz CT molecular complexity index is 803. The molecule has 2 heterocycles. The first kappa shape index (κ1) is 15.6. The highest BCUT2D eigenvalue weighted by Gasteiger charge is 2.27. The zero-order valence-electron chi connectivity index (χ0n) is 12.9. The number of hydrogen-bond acceptors (Lipinski definition) is 5. The molecule has 1 N–H and O–H groups in total. The topological polar surface area (TPSA) is 73.2 Å². The van der Waals surface area contributed by atoms with Crippen LogP contribution >= 0.6 is 11.8 Å². The second-order valence-electron chi connectivity index (χ2n) is 5.31. The minimum atomic E-state index is -0.176. The summed E-state index contributed by atoms with van der Waals surface area (Å²) < 4.78 is 6.83. The number of benzene rings is 1. The molecule has 3 rings (SSSR count). The van der Waals surface area contributed by atoms with Gasteiger partial charge >= 0.3 is 0 Å². The summed E-state index contributed by atoms with van der Waals surface area (Å²) in [6.07, 6.45) is 0.225. The number of nitrogens with zero attached hydrogens (tertiary/aromatic N) is 2. The van der Waals surface area contributed by atoms with Gasteiger partial charge < -0.3 is 10.1 Å². The maximum Gasteiger partial charge on any atom is 0.254 e. The van der Waals surface area contributed by atoms with E-state index < -0.39 is 0 Å². The summed E-state index contributed by atoms with van der Waals surface area (Å²) in [6.45, 7) is 1.80. The van der Waals surface area contributed by atoms with Crippen LogP contribution in [0.5, 0.6) is 5.75 Å². The second-order valence-corrected chi connectivity index (χ2v) is 6.29. The van der Waals surface area contributed by atoms with Gasteiger partial charge in [-0.2, -0.15) is 0 Å². The van der Waals surface area contributed by atoms with Crippen molar-refractivity contribution in [3.63, 3.8) is 0 Å². The fourth-order valence-corrected chi connectivity index (χ4v) is 3.77. The smallest absolute Gasteiger partial charge is 0.254 e. The highest BCUT2D eigenvalue weighted by Crippen LogP contribution is 2.32. The van der Waals surface area contributed by atoms with Crippen molar-refractivity contribution in [2.24, 2.45) is 0 Å². The van der Waals surface area contributed by atoms with E-state index in [-0.39, 0.29) is 23.9 Å². The first-order valence-electron chi connectivity index (χ1n) is 7.24. The van der Waals surface area contributed by atoms with Crippen LogP contribution in [0.4, 0.5) is 5.69 Å². The van der Waals surface area contributed by atoms with Crippen LogP contribution in [0.25, 0.3) is 0 Å². The van der Waals surface area contributed by atoms with Crippen molar-refractivity contribution >= 4 is 23.4 Å². The number of rotatable bonds is 4. The molecule has 1 atom stereocenters. The molecule has 0 radical (unpaired) electrons. The Morgan fingerprint density at radius 3 is 3.04 bits per heavy atom. The Labute approximate surface area is 137 Å². The van der Waals surface area contributed by atoms with Gasteiger partial charge in [0.1, 0.15) is 5.75 Å². The molecule has 23 heavy (non-hydrogen) atoms. The number of carbonyl (C=O) groups excluding carboxylic acids is 1. The van der Waals surface area contributed by atoms with Crippen molar-refractivity contribution in [2.45, 2.75) is 24.5 Å². The number of thioether (sulfide) groups is 1. The molecule has 1 aliphatic rings. The van der Waals surface area contributed by atoms with E-state index in [1.54, 1.807) is 30.7 Å². The van der Waals surface area contributed by atoms with Gasteiger partial charge in [-0.05, 0) is 19.1 Å². The number of para-hydroxylation sites is 2. The Morgan fingerprint density at radius 2 is 2.26 bits per heavy atom. The summed E-state index contributed by atoms with van der Waals surface area (Å²) in [5.41, 5.74) is 1.22. The number of ether oxygens (including phenoxy) is 1. The van der Waals surface area contributed by atoms with Crippen molar-refractivity contribution < 1.29 is 9.53 Å². The molecule has 1 aliphatic heterocycles. The van der Waals surface area contributed by atoms with Crippen molar-refractivity contribution in [1.82, 2.24) is 9.55 Å². The largest absolute Gasteiger partial charge is 0.495 e. The molecule has 120 valence electrons. The predicted octanol–water partition coefficient (Wildman–Crippen LogP) is 2.24. The predicted molar refractivity (Wildman–Crippen MR) is 89.2 cm³/mol. The molecule has 0 fully saturated rings.